The van der Waals surface area contributed by atoms with Crippen LogP contribution < -0.4 is 0 Å². The second kappa shape index (κ2) is 54.4. The van der Waals surface area contributed by atoms with Gasteiger partial charge in [-0.25, -0.2) is 0 Å². The standard InChI is InChI=1S/C16H32O.3C10H20O2/c1-3-4-5-6-7-8-9-10-11-12-13-14-15-16(2)17;3*1-2-3-4-5-6-7-8-9-10(11)12/h3-15H2,1-2H3;3*2-9H2,1H3,(H,11,12). The number of Topliss-reactive ketones (excluding diaryl/α,β-unsaturated/α-hetero) is 1. The maximum atomic E-state index is 10.7. The van der Waals surface area contributed by atoms with Gasteiger partial charge in [-0.05, 0) is 32.6 Å². The second-order valence-electron chi connectivity index (χ2n) is 15.1. The first-order valence-corrected chi connectivity index (χ1v) is 22.7. The van der Waals surface area contributed by atoms with E-state index in [-0.39, 0.29) is 0 Å². The molecule has 7 nitrogen and oxygen atoms in total. The van der Waals surface area contributed by atoms with Gasteiger partial charge in [0, 0.05) is 25.7 Å². The van der Waals surface area contributed by atoms with Gasteiger partial charge in [0.15, 0.2) is 0 Å². The Hall–Kier alpha value is -1.92. The smallest absolute Gasteiger partial charge is 0.303 e. The van der Waals surface area contributed by atoms with Crippen LogP contribution in [0.2, 0.25) is 0 Å². The number of carbonyl (C=O) groups excluding carboxylic acids is 1. The van der Waals surface area contributed by atoms with E-state index in [1.165, 1.54) is 167 Å². The van der Waals surface area contributed by atoms with Crippen LogP contribution in [0.3, 0.4) is 0 Å². The predicted molar refractivity (Wildman–Crippen MR) is 227 cm³/mol. The summed E-state index contributed by atoms with van der Waals surface area (Å²) in [5.74, 6) is -1.65. The first-order valence-electron chi connectivity index (χ1n) is 22.7. The molecule has 318 valence electrons. The van der Waals surface area contributed by atoms with Crippen LogP contribution in [0.25, 0.3) is 0 Å². The molecular formula is C46H92O7. The van der Waals surface area contributed by atoms with Crippen molar-refractivity contribution in [1.82, 2.24) is 0 Å². The SMILES string of the molecule is CCCCCCCCCC(=O)O.CCCCCCCCCC(=O)O.CCCCCCCCCC(=O)O.CCCCCCCCCCCCCCC(C)=O. The van der Waals surface area contributed by atoms with E-state index in [1.807, 2.05) is 0 Å². The molecule has 0 aliphatic carbocycles. The summed E-state index contributed by atoms with van der Waals surface area (Å²) in [6.45, 7) is 10.6. The fourth-order valence-corrected chi connectivity index (χ4v) is 5.91. The van der Waals surface area contributed by atoms with Gasteiger partial charge >= 0.3 is 17.9 Å². The van der Waals surface area contributed by atoms with Crippen LogP contribution in [0.4, 0.5) is 0 Å². The van der Waals surface area contributed by atoms with Crippen LogP contribution in [0.5, 0.6) is 0 Å². The van der Waals surface area contributed by atoms with Crippen molar-refractivity contribution >= 4 is 23.7 Å². The van der Waals surface area contributed by atoms with E-state index >= 15 is 0 Å². The zero-order valence-electron chi connectivity index (χ0n) is 36.1. The number of carbonyl (C=O) groups is 4. The summed E-state index contributed by atoms with van der Waals surface area (Å²) in [5.41, 5.74) is 0. The first-order chi connectivity index (χ1) is 25.6. The van der Waals surface area contributed by atoms with Crippen molar-refractivity contribution in [1.29, 1.82) is 0 Å². The number of rotatable bonds is 37. The molecule has 7 heteroatoms. The maximum absolute atomic E-state index is 10.7. The van der Waals surface area contributed by atoms with Crippen molar-refractivity contribution in [2.75, 3.05) is 0 Å². The highest BCUT2D eigenvalue weighted by Crippen LogP contribution is 2.13. The van der Waals surface area contributed by atoms with Crippen molar-refractivity contribution in [2.24, 2.45) is 0 Å². The fraction of sp³-hybridized carbons (Fsp3) is 0.913. The lowest BCUT2D eigenvalue weighted by Gasteiger charge is -2.02. The summed E-state index contributed by atoms with van der Waals surface area (Å²) in [5, 5.41) is 25.1. The number of unbranched alkanes of at least 4 members (excludes halogenated alkanes) is 29. The van der Waals surface area contributed by atoms with Gasteiger partial charge in [0.1, 0.15) is 5.78 Å². The van der Waals surface area contributed by atoms with Gasteiger partial charge in [0.25, 0.3) is 0 Å². The minimum atomic E-state index is -0.663. The molecule has 0 aromatic heterocycles. The molecule has 0 saturated carbocycles. The molecule has 0 aromatic carbocycles. The van der Waals surface area contributed by atoms with Gasteiger partial charge in [-0.2, -0.15) is 0 Å². The normalized spacial score (nSPS) is 10.3. The summed E-state index contributed by atoms with van der Waals surface area (Å²) in [6, 6.07) is 0. The van der Waals surface area contributed by atoms with E-state index in [1.54, 1.807) is 6.92 Å². The monoisotopic (exact) mass is 757 g/mol. The summed E-state index contributed by atoms with van der Waals surface area (Å²) >= 11 is 0. The van der Waals surface area contributed by atoms with Crippen LogP contribution in [-0.4, -0.2) is 39.0 Å². The molecule has 0 rings (SSSR count). The summed E-state index contributed by atoms with van der Waals surface area (Å²) in [7, 11) is 0. The Labute approximate surface area is 329 Å². The Morgan fingerprint density at radius 1 is 0.264 bits per heavy atom. The van der Waals surface area contributed by atoms with E-state index in [4.69, 9.17) is 15.3 Å². The minimum Gasteiger partial charge on any atom is -0.481 e. The fourth-order valence-electron chi connectivity index (χ4n) is 5.91. The van der Waals surface area contributed by atoms with Crippen LogP contribution in [0.1, 0.15) is 272 Å². The molecular weight excluding hydrogens is 664 g/mol. The third kappa shape index (κ3) is 75.8. The lowest BCUT2D eigenvalue weighted by molar-refractivity contribution is -0.138. The molecule has 0 atom stereocenters. The van der Waals surface area contributed by atoms with Crippen molar-refractivity contribution in [2.45, 2.75) is 272 Å². The Balaban J connectivity index is -0.000000306. The van der Waals surface area contributed by atoms with Gasteiger partial charge in [-0.1, -0.05) is 214 Å². The average molecular weight is 757 g/mol. The highest BCUT2D eigenvalue weighted by molar-refractivity contribution is 5.75. The third-order valence-electron chi connectivity index (χ3n) is 9.36. The molecule has 0 bridgehead atoms. The van der Waals surface area contributed by atoms with Gasteiger partial charge in [-0.3, -0.25) is 14.4 Å². The first kappa shape index (κ1) is 57.8. The summed E-state index contributed by atoms with van der Waals surface area (Å²) in [6.07, 6.45) is 43.1. The maximum Gasteiger partial charge on any atom is 0.303 e. The van der Waals surface area contributed by atoms with Crippen LogP contribution in [0, 0.1) is 0 Å². The Morgan fingerprint density at radius 3 is 0.566 bits per heavy atom. The molecule has 3 N–H and O–H groups in total. The van der Waals surface area contributed by atoms with E-state index in [0.29, 0.717) is 25.0 Å². The van der Waals surface area contributed by atoms with Crippen LogP contribution in [-0.2, 0) is 19.2 Å². The van der Waals surface area contributed by atoms with Gasteiger partial charge in [0.05, 0.1) is 0 Å². The largest absolute Gasteiger partial charge is 0.481 e. The van der Waals surface area contributed by atoms with Gasteiger partial charge in [-0.15, -0.1) is 0 Å². The number of carboxylic acids is 3. The lowest BCUT2D eigenvalue weighted by Crippen LogP contribution is -1.93. The molecule has 0 radical (unpaired) electrons. The van der Waals surface area contributed by atoms with Gasteiger partial charge in [0.2, 0.25) is 0 Å². The second-order valence-corrected chi connectivity index (χ2v) is 15.1. The molecule has 0 fully saturated rings. The predicted octanol–water partition coefficient (Wildman–Crippen LogP) is 15.3. The van der Waals surface area contributed by atoms with Crippen molar-refractivity contribution < 1.29 is 34.5 Å². The molecule has 0 aliphatic rings. The van der Waals surface area contributed by atoms with Crippen molar-refractivity contribution in [3.05, 3.63) is 0 Å². The van der Waals surface area contributed by atoms with Crippen molar-refractivity contribution in [3.8, 4) is 0 Å². The third-order valence-corrected chi connectivity index (χ3v) is 9.36. The summed E-state index contributed by atoms with van der Waals surface area (Å²) in [4.78, 5) is 41.1. The Bertz CT molecular complexity index is 671. The minimum absolute atomic E-state index is 0.341. The molecule has 0 aromatic rings. The number of carboxylic acid groups (broad SMARTS) is 3. The van der Waals surface area contributed by atoms with E-state index in [0.717, 1.165) is 51.4 Å². The molecule has 0 saturated heterocycles. The summed E-state index contributed by atoms with van der Waals surface area (Å²) < 4.78 is 0. The highest BCUT2D eigenvalue weighted by Gasteiger charge is 1.98. The number of hydrogen-bond acceptors (Lipinski definition) is 4. The number of hydrogen-bond donors (Lipinski definition) is 3. The van der Waals surface area contributed by atoms with Gasteiger partial charge < -0.3 is 20.1 Å². The Kier molecular flexibility index (Phi) is 59.4. The highest BCUT2D eigenvalue weighted by atomic mass is 16.4. The molecule has 0 aliphatic heterocycles. The topological polar surface area (TPSA) is 129 Å². The number of ketones is 1. The molecule has 53 heavy (non-hydrogen) atoms. The van der Waals surface area contributed by atoms with Crippen LogP contribution >= 0.6 is 0 Å². The Morgan fingerprint density at radius 2 is 0.415 bits per heavy atom. The molecule has 0 unspecified atom stereocenters. The zero-order chi connectivity index (χ0) is 40.5. The quantitative estimate of drug-likeness (QED) is 0.0538. The molecule has 0 spiro atoms. The number of aliphatic carboxylic acids is 3. The van der Waals surface area contributed by atoms with E-state index in [2.05, 4.69) is 27.7 Å². The molecule has 0 amide bonds. The molecule has 0 heterocycles. The van der Waals surface area contributed by atoms with Crippen LogP contribution in [0.15, 0.2) is 0 Å². The van der Waals surface area contributed by atoms with Crippen molar-refractivity contribution in [3.63, 3.8) is 0 Å². The zero-order valence-corrected chi connectivity index (χ0v) is 36.1. The van der Waals surface area contributed by atoms with E-state index < -0.39 is 17.9 Å². The van der Waals surface area contributed by atoms with E-state index in [9.17, 15) is 19.2 Å². The lowest BCUT2D eigenvalue weighted by atomic mass is 10.0. The average Bonchev–Trinajstić information content (AvgIpc) is 3.11.